The summed E-state index contributed by atoms with van der Waals surface area (Å²) >= 11 is 5.38. The number of carbonyl (C=O) groups is 1. The van der Waals surface area contributed by atoms with Gasteiger partial charge in [0.25, 0.3) is 0 Å². The quantitative estimate of drug-likeness (QED) is 0.616. The maximum absolute atomic E-state index is 12.7. The van der Waals surface area contributed by atoms with Crippen LogP contribution in [0.3, 0.4) is 0 Å². The fourth-order valence-corrected chi connectivity index (χ4v) is 1.57. The van der Waals surface area contributed by atoms with Crippen molar-refractivity contribution in [1.29, 1.82) is 0 Å². The molecule has 1 aromatic carbocycles. The van der Waals surface area contributed by atoms with Crippen molar-refractivity contribution in [2.24, 2.45) is 0 Å². The normalized spacial score (nSPS) is 11.8. The highest BCUT2D eigenvalue weighted by Crippen LogP contribution is 2.39. The molecular formula is C10H6ClF5O2. The van der Waals surface area contributed by atoms with Crippen LogP contribution in [0.25, 0.3) is 0 Å². The number of carbonyl (C=O) groups excluding carboxylic acids is 1. The third kappa shape index (κ3) is 3.32. The van der Waals surface area contributed by atoms with E-state index in [1.807, 2.05) is 0 Å². The molecule has 0 saturated heterocycles. The van der Waals surface area contributed by atoms with Crippen molar-refractivity contribution >= 4 is 17.4 Å². The van der Waals surface area contributed by atoms with E-state index in [1.54, 1.807) is 0 Å². The average Bonchev–Trinajstić information content (AvgIpc) is 2.13. The number of hydrogen-bond donors (Lipinski definition) is 0. The Kier molecular flexibility index (Phi) is 4.16. The molecule has 0 aliphatic heterocycles. The summed E-state index contributed by atoms with van der Waals surface area (Å²) in [7, 11) is 0. The molecule has 0 unspecified atom stereocenters. The lowest BCUT2D eigenvalue weighted by atomic mass is 10.0. The van der Waals surface area contributed by atoms with Gasteiger partial charge < -0.3 is 4.74 Å². The van der Waals surface area contributed by atoms with E-state index < -0.39 is 40.5 Å². The maximum atomic E-state index is 12.7. The molecule has 8 heteroatoms. The molecule has 0 saturated carbocycles. The first-order valence-electron chi connectivity index (χ1n) is 4.49. The Morgan fingerprint density at radius 2 is 1.89 bits per heavy atom. The van der Waals surface area contributed by atoms with Gasteiger partial charge in [-0.05, 0) is 19.1 Å². The van der Waals surface area contributed by atoms with Crippen molar-refractivity contribution in [3.05, 3.63) is 28.3 Å². The Morgan fingerprint density at radius 1 is 1.33 bits per heavy atom. The second-order valence-corrected chi connectivity index (χ2v) is 3.70. The molecule has 0 spiro atoms. The summed E-state index contributed by atoms with van der Waals surface area (Å²) in [5, 5.41) is -0.456. The molecule has 0 aliphatic carbocycles. The second-order valence-electron chi connectivity index (χ2n) is 3.26. The van der Waals surface area contributed by atoms with E-state index in [9.17, 15) is 26.7 Å². The van der Waals surface area contributed by atoms with Crippen LogP contribution in [-0.2, 0) is 6.18 Å². The standard InChI is InChI=1S/C10H6ClF5O2/c1-4(17)8-6(10(14,15)16)2-5(11)3-7(8)18-9(12)13/h2-3,9H,1H3. The summed E-state index contributed by atoms with van der Waals surface area (Å²) in [6, 6.07) is 1.22. The summed E-state index contributed by atoms with van der Waals surface area (Å²) in [5.41, 5.74) is -2.37. The molecule has 1 aromatic rings. The zero-order chi connectivity index (χ0) is 14.1. The van der Waals surface area contributed by atoms with E-state index in [2.05, 4.69) is 4.74 Å². The van der Waals surface area contributed by atoms with Crippen LogP contribution in [0.15, 0.2) is 12.1 Å². The van der Waals surface area contributed by atoms with E-state index in [0.29, 0.717) is 6.07 Å². The first-order chi connectivity index (χ1) is 8.12. The summed E-state index contributed by atoms with van der Waals surface area (Å²) in [4.78, 5) is 11.2. The molecule has 0 N–H and O–H groups in total. The predicted molar refractivity (Wildman–Crippen MR) is 53.1 cm³/mol. The molecule has 0 atom stereocenters. The van der Waals surface area contributed by atoms with E-state index in [-0.39, 0.29) is 0 Å². The van der Waals surface area contributed by atoms with Crippen molar-refractivity contribution in [2.75, 3.05) is 0 Å². The second kappa shape index (κ2) is 5.09. The summed E-state index contributed by atoms with van der Waals surface area (Å²) in [6.07, 6.45) is -4.90. The lowest BCUT2D eigenvalue weighted by molar-refractivity contribution is -0.138. The van der Waals surface area contributed by atoms with Gasteiger partial charge in [-0.15, -0.1) is 0 Å². The van der Waals surface area contributed by atoms with Gasteiger partial charge in [0.15, 0.2) is 5.78 Å². The van der Waals surface area contributed by atoms with E-state index in [4.69, 9.17) is 11.6 Å². The largest absolute Gasteiger partial charge is 0.434 e. The maximum Gasteiger partial charge on any atom is 0.417 e. The third-order valence-corrected chi connectivity index (χ3v) is 2.16. The van der Waals surface area contributed by atoms with Crippen molar-refractivity contribution in [1.82, 2.24) is 0 Å². The van der Waals surface area contributed by atoms with Gasteiger partial charge in [-0.2, -0.15) is 22.0 Å². The number of rotatable bonds is 3. The molecule has 18 heavy (non-hydrogen) atoms. The Bertz CT molecular complexity index is 470. The van der Waals surface area contributed by atoms with Crippen LogP contribution >= 0.6 is 11.6 Å². The molecule has 1 rings (SSSR count). The monoisotopic (exact) mass is 288 g/mol. The van der Waals surface area contributed by atoms with E-state index in [0.717, 1.165) is 13.0 Å². The van der Waals surface area contributed by atoms with Crippen molar-refractivity contribution in [3.63, 3.8) is 0 Å². The molecule has 2 nitrogen and oxygen atoms in total. The minimum absolute atomic E-state index is 0.456. The smallest absolute Gasteiger partial charge is 0.417 e. The van der Waals surface area contributed by atoms with Crippen molar-refractivity contribution < 1.29 is 31.5 Å². The number of ether oxygens (including phenoxy) is 1. The van der Waals surface area contributed by atoms with Crippen LogP contribution in [0.4, 0.5) is 22.0 Å². The minimum atomic E-state index is -4.90. The van der Waals surface area contributed by atoms with Crippen LogP contribution in [0.5, 0.6) is 5.75 Å². The van der Waals surface area contributed by atoms with Gasteiger partial charge in [0.2, 0.25) is 0 Å². The zero-order valence-electron chi connectivity index (χ0n) is 8.82. The number of benzene rings is 1. The fourth-order valence-electron chi connectivity index (χ4n) is 1.36. The lowest BCUT2D eigenvalue weighted by Gasteiger charge is -2.15. The van der Waals surface area contributed by atoms with Crippen LogP contribution in [-0.4, -0.2) is 12.4 Å². The number of alkyl halides is 5. The van der Waals surface area contributed by atoms with Gasteiger partial charge in [0, 0.05) is 5.02 Å². The Hall–Kier alpha value is -1.37. The van der Waals surface area contributed by atoms with Gasteiger partial charge >= 0.3 is 12.8 Å². The van der Waals surface area contributed by atoms with Crippen molar-refractivity contribution in [2.45, 2.75) is 19.7 Å². The third-order valence-electron chi connectivity index (χ3n) is 1.94. The van der Waals surface area contributed by atoms with Gasteiger partial charge in [0.05, 0.1) is 11.1 Å². The molecule has 0 heterocycles. The first-order valence-corrected chi connectivity index (χ1v) is 4.87. The Labute approximate surface area is 103 Å². The van der Waals surface area contributed by atoms with E-state index in [1.165, 1.54) is 0 Å². The first kappa shape index (κ1) is 14.7. The van der Waals surface area contributed by atoms with Crippen LogP contribution in [0.1, 0.15) is 22.8 Å². The van der Waals surface area contributed by atoms with Gasteiger partial charge in [-0.3, -0.25) is 4.79 Å². The van der Waals surface area contributed by atoms with Gasteiger partial charge in [-0.25, -0.2) is 0 Å². The highest BCUT2D eigenvalue weighted by Gasteiger charge is 2.37. The summed E-state index contributed by atoms with van der Waals surface area (Å²) in [6.45, 7) is -2.54. The fraction of sp³-hybridized carbons (Fsp3) is 0.300. The molecular weight excluding hydrogens is 283 g/mol. The number of ketones is 1. The van der Waals surface area contributed by atoms with Crippen LogP contribution in [0, 0.1) is 0 Å². The van der Waals surface area contributed by atoms with Crippen molar-refractivity contribution in [3.8, 4) is 5.75 Å². The zero-order valence-corrected chi connectivity index (χ0v) is 9.57. The SMILES string of the molecule is CC(=O)c1c(OC(F)F)cc(Cl)cc1C(F)(F)F. The topological polar surface area (TPSA) is 26.3 Å². The Balaban J connectivity index is 3.51. The molecule has 0 aliphatic rings. The number of hydrogen-bond acceptors (Lipinski definition) is 2. The Morgan fingerprint density at radius 3 is 2.28 bits per heavy atom. The predicted octanol–water partition coefficient (Wildman–Crippen LogP) is 4.16. The van der Waals surface area contributed by atoms with Crippen LogP contribution < -0.4 is 4.74 Å². The molecule has 0 radical (unpaired) electrons. The summed E-state index contributed by atoms with van der Waals surface area (Å²) in [5.74, 6) is -1.94. The molecule has 0 bridgehead atoms. The molecule has 0 fully saturated rings. The van der Waals surface area contributed by atoms with E-state index >= 15 is 0 Å². The molecule has 100 valence electrons. The summed E-state index contributed by atoms with van der Waals surface area (Å²) < 4.78 is 66.0. The molecule has 0 amide bonds. The minimum Gasteiger partial charge on any atom is -0.434 e. The van der Waals surface area contributed by atoms with Gasteiger partial charge in [-0.1, -0.05) is 11.6 Å². The molecule has 0 aromatic heterocycles. The van der Waals surface area contributed by atoms with Crippen LogP contribution in [0.2, 0.25) is 5.02 Å². The average molecular weight is 289 g/mol. The lowest BCUT2D eigenvalue weighted by Crippen LogP contribution is -2.15. The number of halogens is 6. The van der Waals surface area contributed by atoms with Gasteiger partial charge in [0.1, 0.15) is 5.75 Å². The number of Topliss-reactive ketones (excluding diaryl/α,β-unsaturated/α-hetero) is 1. The highest BCUT2D eigenvalue weighted by molar-refractivity contribution is 6.31. The highest BCUT2D eigenvalue weighted by atomic mass is 35.5.